The van der Waals surface area contributed by atoms with Crippen molar-refractivity contribution < 1.29 is 13.5 Å². The van der Waals surface area contributed by atoms with Crippen LogP contribution < -0.4 is 4.72 Å². The van der Waals surface area contributed by atoms with Gasteiger partial charge in [0, 0.05) is 6.61 Å². The lowest BCUT2D eigenvalue weighted by Gasteiger charge is -2.07. The molecule has 1 aromatic heterocycles. The van der Waals surface area contributed by atoms with Crippen LogP contribution in [0.3, 0.4) is 0 Å². The lowest BCUT2D eigenvalue weighted by molar-refractivity contribution is 0.299. The number of aliphatic hydroxyl groups excluding tert-OH is 1. The van der Waals surface area contributed by atoms with E-state index >= 15 is 0 Å². The van der Waals surface area contributed by atoms with Crippen LogP contribution in [-0.4, -0.2) is 30.1 Å². The van der Waals surface area contributed by atoms with E-state index in [-0.39, 0.29) is 11.5 Å². The lowest BCUT2D eigenvalue weighted by Crippen LogP contribution is -2.13. The highest BCUT2D eigenvalue weighted by Gasteiger charge is 2.14. The molecule has 0 atom stereocenters. The summed E-state index contributed by atoms with van der Waals surface area (Å²) in [7, 11) is -3.64. The van der Waals surface area contributed by atoms with E-state index in [0.717, 1.165) is 5.56 Å². The van der Waals surface area contributed by atoms with E-state index in [0.29, 0.717) is 12.1 Å². The van der Waals surface area contributed by atoms with Gasteiger partial charge in [-0.1, -0.05) is 12.1 Å². The van der Waals surface area contributed by atoms with Crippen molar-refractivity contribution in [2.24, 2.45) is 0 Å². The first-order valence-corrected chi connectivity index (χ1v) is 7.08. The third-order valence-corrected chi connectivity index (χ3v) is 3.84. The predicted molar refractivity (Wildman–Crippen MR) is 70.1 cm³/mol. The van der Waals surface area contributed by atoms with Crippen LogP contribution in [0.4, 0.5) is 5.69 Å². The summed E-state index contributed by atoms with van der Waals surface area (Å²) in [6.45, 7) is 0.0334. The highest BCUT2D eigenvalue weighted by molar-refractivity contribution is 7.92. The molecule has 1 aromatic carbocycles. The molecule has 6 nitrogen and oxygen atoms in total. The van der Waals surface area contributed by atoms with Crippen molar-refractivity contribution in [2.45, 2.75) is 11.3 Å². The molecule has 2 aromatic rings. The number of aromatic nitrogens is 2. The van der Waals surface area contributed by atoms with Crippen LogP contribution in [0.2, 0.25) is 0 Å². The summed E-state index contributed by atoms with van der Waals surface area (Å²) < 4.78 is 26.5. The zero-order valence-electron chi connectivity index (χ0n) is 10.0. The van der Waals surface area contributed by atoms with Gasteiger partial charge in [0.05, 0.1) is 23.0 Å². The van der Waals surface area contributed by atoms with Gasteiger partial charge in [-0.3, -0.25) is 4.72 Å². The number of sulfonamides is 1. The Balaban J connectivity index is 2.20. The van der Waals surface area contributed by atoms with Crippen molar-refractivity contribution in [1.29, 1.82) is 0 Å². The molecule has 0 unspecified atom stereocenters. The Labute approximate surface area is 111 Å². The first kappa shape index (κ1) is 13.4. The molecule has 2 rings (SSSR count). The molecule has 0 bridgehead atoms. The number of nitrogens with zero attached hydrogens (tertiary/aromatic N) is 2. The Morgan fingerprint density at radius 2 is 1.74 bits per heavy atom. The summed E-state index contributed by atoms with van der Waals surface area (Å²) in [5.74, 6) is 0. The van der Waals surface area contributed by atoms with Gasteiger partial charge in [0.1, 0.15) is 6.33 Å². The van der Waals surface area contributed by atoms with Gasteiger partial charge in [0.25, 0.3) is 10.0 Å². The minimum absolute atomic E-state index is 0.0334. The van der Waals surface area contributed by atoms with Crippen molar-refractivity contribution in [2.75, 3.05) is 11.3 Å². The van der Waals surface area contributed by atoms with E-state index in [1.807, 2.05) is 0 Å². The molecule has 0 aliphatic rings. The largest absolute Gasteiger partial charge is 0.396 e. The SMILES string of the molecule is O=S(=O)(Nc1cncnc1)c1ccc(CCO)cc1. The van der Waals surface area contributed by atoms with Gasteiger partial charge in [0.2, 0.25) is 0 Å². The van der Waals surface area contributed by atoms with E-state index in [1.165, 1.54) is 30.9 Å². The van der Waals surface area contributed by atoms with E-state index < -0.39 is 10.0 Å². The van der Waals surface area contributed by atoms with E-state index in [2.05, 4.69) is 14.7 Å². The Bertz CT molecular complexity index is 627. The number of rotatable bonds is 5. The van der Waals surface area contributed by atoms with Crippen LogP contribution in [0.5, 0.6) is 0 Å². The number of aliphatic hydroxyl groups is 1. The molecule has 0 spiro atoms. The van der Waals surface area contributed by atoms with Gasteiger partial charge in [-0.2, -0.15) is 0 Å². The maximum atomic E-state index is 12.1. The molecular formula is C12H13N3O3S. The van der Waals surface area contributed by atoms with Gasteiger partial charge in [-0.15, -0.1) is 0 Å². The zero-order chi connectivity index (χ0) is 13.7. The summed E-state index contributed by atoms with van der Waals surface area (Å²) in [6.07, 6.45) is 4.58. The molecular weight excluding hydrogens is 266 g/mol. The van der Waals surface area contributed by atoms with E-state index in [1.54, 1.807) is 12.1 Å². The topological polar surface area (TPSA) is 92.2 Å². The lowest BCUT2D eigenvalue weighted by atomic mass is 10.2. The van der Waals surface area contributed by atoms with Crippen LogP contribution in [0.15, 0.2) is 47.9 Å². The fourth-order valence-corrected chi connectivity index (χ4v) is 2.56. The van der Waals surface area contributed by atoms with Crippen molar-refractivity contribution in [3.8, 4) is 0 Å². The van der Waals surface area contributed by atoms with Crippen LogP contribution in [0.25, 0.3) is 0 Å². The molecule has 1 heterocycles. The van der Waals surface area contributed by atoms with Gasteiger partial charge in [0.15, 0.2) is 0 Å². The molecule has 0 saturated carbocycles. The Morgan fingerprint density at radius 1 is 1.11 bits per heavy atom. The van der Waals surface area contributed by atoms with Crippen molar-refractivity contribution >= 4 is 15.7 Å². The highest BCUT2D eigenvalue weighted by atomic mass is 32.2. The fraction of sp³-hybridized carbons (Fsp3) is 0.167. The van der Waals surface area contributed by atoms with Crippen molar-refractivity contribution in [3.05, 3.63) is 48.5 Å². The van der Waals surface area contributed by atoms with Crippen LogP contribution in [0, 0.1) is 0 Å². The van der Waals surface area contributed by atoms with E-state index in [9.17, 15) is 8.42 Å². The Morgan fingerprint density at radius 3 is 2.32 bits per heavy atom. The minimum atomic E-state index is -3.64. The number of anilines is 1. The fourth-order valence-electron chi connectivity index (χ4n) is 1.53. The number of hydrogen-bond donors (Lipinski definition) is 2. The van der Waals surface area contributed by atoms with Crippen molar-refractivity contribution in [1.82, 2.24) is 9.97 Å². The molecule has 19 heavy (non-hydrogen) atoms. The number of hydrogen-bond acceptors (Lipinski definition) is 5. The second kappa shape index (κ2) is 5.77. The molecule has 0 amide bonds. The average molecular weight is 279 g/mol. The summed E-state index contributed by atoms with van der Waals surface area (Å²) in [6, 6.07) is 6.34. The maximum Gasteiger partial charge on any atom is 0.261 e. The van der Waals surface area contributed by atoms with Gasteiger partial charge >= 0.3 is 0 Å². The Hall–Kier alpha value is -1.99. The first-order valence-electron chi connectivity index (χ1n) is 5.59. The Kier molecular flexibility index (Phi) is 4.08. The summed E-state index contributed by atoms with van der Waals surface area (Å²) in [4.78, 5) is 7.62. The van der Waals surface area contributed by atoms with E-state index in [4.69, 9.17) is 5.11 Å². The number of benzene rings is 1. The minimum Gasteiger partial charge on any atom is -0.396 e. The van der Waals surface area contributed by atoms with Crippen molar-refractivity contribution in [3.63, 3.8) is 0 Å². The molecule has 0 aliphatic carbocycles. The van der Waals surface area contributed by atoms with Crippen LogP contribution in [0.1, 0.15) is 5.56 Å². The summed E-state index contributed by atoms with van der Waals surface area (Å²) >= 11 is 0. The molecule has 0 radical (unpaired) electrons. The third kappa shape index (κ3) is 3.49. The molecule has 0 aliphatic heterocycles. The maximum absolute atomic E-state index is 12.1. The molecule has 0 saturated heterocycles. The van der Waals surface area contributed by atoms with Crippen LogP contribution >= 0.6 is 0 Å². The second-order valence-electron chi connectivity index (χ2n) is 3.85. The highest BCUT2D eigenvalue weighted by Crippen LogP contribution is 2.15. The van der Waals surface area contributed by atoms with Gasteiger partial charge in [-0.25, -0.2) is 18.4 Å². The average Bonchev–Trinajstić information content (AvgIpc) is 2.40. The quantitative estimate of drug-likeness (QED) is 0.845. The third-order valence-electron chi connectivity index (χ3n) is 2.45. The second-order valence-corrected chi connectivity index (χ2v) is 5.53. The zero-order valence-corrected chi connectivity index (χ0v) is 10.8. The summed E-state index contributed by atoms with van der Waals surface area (Å²) in [5.41, 5.74) is 1.19. The molecule has 7 heteroatoms. The molecule has 100 valence electrons. The van der Waals surface area contributed by atoms with Gasteiger partial charge < -0.3 is 5.11 Å². The molecule has 2 N–H and O–H groups in total. The monoisotopic (exact) mass is 279 g/mol. The number of nitrogens with one attached hydrogen (secondary N) is 1. The first-order chi connectivity index (χ1) is 9.12. The normalized spacial score (nSPS) is 11.2. The standard InChI is InChI=1S/C12H13N3O3S/c16-6-5-10-1-3-12(4-2-10)19(17,18)15-11-7-13-9-14-8-11/h1-4,7-9,15-16H,5-6H2. The van der Waals surface area contributed by atoms with Crippen LogP contribution in [-0.2, 0) is 16.4 Å². The predicted octanol–water partition coefficient (Wildman–Crippen LogP) is 0.812. The summed E-state index contributed by atoms with van der Waals surface area (Å²) in [5, 5.41) is 8.80. The van der Waals surface area contributed by atoms with Gasteiger partial charge in [-0.05, 0) is 24.1 Å². The molecule has 0 fully saturated rings. The smallest absolute Gasteiger partial charge is 0.261 e.